The van der Waals surface area contributed by atoms with Crippen LogP contribution in [0.3, 0.4) is 0 Å². The lowest BCUT2D eigenvalue weighted by Gasteiger charge is -2.33. The van der Waals surface area contributed by atoms with E-state index < -0.39 is 35.8 Å². The van der Waals surface area contributed by atoms with Crippen LogP contribution in [0.25, 0.3) is 0 Å². The Kier molecular flexibility index (Phi) is 4.95. The number of aliphatic hydroxyl groups excluding tert-OH is 1. The lowest BCUT2D eigenvalue weighted by Crippen LogP contribution is -2.56. The predicted octanol–water partition coefficient (Wildman–Crippen LogP) is -0.899. The number of esters is 1. The molecule has 0 saturated carbocycles. The van der Waals surface area contributed by atoms with E-state index in [-0.39, 0.29) is 18.2 Å². The molecule has 0 unspecified atom stereocenters. The van der Waals surface area contributed by atoms with Crippen LogP contribution in [0.4, 0.5) is 0 Å². The van der Waals surface area contributed by atoms with Crippen molar-refractivity contribution in [1.29, 1.82) is 0 Å². The van der Waals surface area contributed by atoms with E-state index in [2.05, 4.69) is 10.1 Å². The van der Waals surface area contributed by atoms with Crippen molar-refractivity contribution in [2.75, 3.05) is 6.54 Å². The first kappa shape index (κ1) is 17.7. The Balaban J connectivity index is 2.02. The molecule has 0 aromatic rings. The molecule has 0 aromatic carbocycles. The molecule has 4 atom stereocenters. The number of carbonyl (C=O) groups is 3. The van der Waals surface area contributed by atoms with Crippen molar-refractivity contribution in [1.82, 2.24) is 10.2 Å². The van der Waals surface area contributed by atoms with Gasteiger partial charge in [-0.1, -0.05) is 20.8 Å². The van der Waals surface area contributed by atoms with Gasteiger partial charge in [-0.15, -0.1) is 0 Å². The Morgan fingerprint density at radius 1 is 1.43 bits per heavy atom. The maximum Gasteiger partial charge on any atom is 0.310 e. The summed E-state index contributed by atoms with van der Waals surface area (Å²) in [4.78, 5) is 37.6. The Morgan fingerprint density at radius 3 is 2.61 bits per heavy atom. The van der Waals surface area contributed by atoms with Crippen LogP contribution in [0.2, 0.25) is 0 Å². The molecule has 2 fully saturated rings. The van der Waals surface area contributed by atoms with Crippen LogP contribution < -0.4 is 11.1 Å². The van der Waals surface area contributed by atoms with Crippen LogP contribution in [-0.4, -0.2) is 58.8 Å². The average Bonchev–Trinajstić information content (AvgIpc) is 3.03. The maximum atomic E-state index is 12.6. The number of likely N-dealkylation sites (tertiary alicyclic amines) is 1. The fourth-order valence-corrected chi connectivity index (χ4v) is 2.80. The SMILES string of the molecule is CC(C)(C)[C@H](N)C(=O)N1CCC[C@H]1C(=O)N[C@H]1CC(=O)O[C@H]1O. The van der Waals surface area contributed by atoms with Crippen molar-refractivity contribution in [2.45, 2.75) is 64.4 Å². The van der Waals surface area contributed by atoms with E-state index in [0.717, 1.165) is 0 Å². The minimum absolute atomic E-state index is 0.0743. The highest BCUT2D eigenvalue weighted by atomic mass is 16.6. The van der Waals surface area contributed by atoms with Gasteiger partial charge in [0.05, 0.1) is 12.5 Å². The fourth-order valence-electron chi connectivity index (χ4n) is 2.80. The van der Waals surface area contributed by atoms with Crippen molar-refractivity contribution >= 4 is 17.8 Å². The summed E-state index contributed by atoms with van der Waals surface area (Å²) in [5, 5.41) is 12.2. The fraction of sp³-hybridized carbons (Fsp3) is 0.800. The second-order valence-electron chi connectivity index (χ2n) is 7.23. The summed E-state index contributed by atoms with van der Waals surface area (Å²) in [6, 6.07) is -2.10. The number of cyclic esters (lactones) is 1. The molecule has 2 amide bonds. The molecule has 0 aromatic heterocycles. The molecular weight excluding hydrogens is 302 g/mol. The topological polar surface area (TPSA) is 122 Å². The number of carbonyl (C=O) groups excluding carboxylic acids is 3. The van der Waals surface area contributed by atoms with E-state index in [1.807, 2.05) is 20.8 Å². The lowest BCUT2D eigenvalue weighted by atomic mass is 9.86. The van der Waals surface area contributed by atoms with E-state index in [9.17, 15) is 19.5 Å². The first-order valence-corrected chi connectivity index (χ1v) is 7.85. The molecule has 8 nitrogen and oxygen atoms in total. The molecular formula is C15H25N3O5. The van der Waals surface area contributed by atoms with Crippen LogP contribution >= 0.6 is 0 Å². The lowest BCUT2D eigenvalue weighted by molar-refractivity contribution is -0.155. The van der Waals surface area contributed by atoms with Gasteiger partial charge in [-0.2, -0.15) is 0 Å². The highest BCUT2D eigenvalue weighted by Gasteiger charge is 2.41. The van der Waals surface area contributed by atoms with Crippen LogP contribution in [0, 0.1) is 5.41 Å². The molecule has 8 heteroatoms. The third-order valence-corrected chi connectivity index (χ3v) is 4.35. The third kappa shape index (κ3) is 3.81. The number of aliphatic hydroxyl groups is 1. The highest BCUT2D eigenvalue weighted by molar-refractivity contribution is 5.91. The van der Waals surface area contributed by atoms with E-state index in [0.29, 0.717) is 19.4 Å². The van der Waals surface area contributed by atoms with Gasteiger partial charge in [0.2, 0.25) is 18.1 Å². The largest absolute Gasteiger partial charge is 0.434 e. The van der Waals surface area contributed by atoms with E-state index in [4.69, 9.17) is 5.73 Å². The number of nitrogens with zero attached hydrogens (tertiary/aromatic N) is 1. The van der Waals surface area contributed by atoms with Gasteiger partial charge in [-0.25, -0.2) is 0 Å². The van der Waals surface area contributed by atoms with Crippen LogP contribution in [0.1, 0.15) is 40.0 Å². The normalized spacial score (nSPS) is 29.3. The van der Waals surface area contributed by atoms with Crippen molar-refractivity contribution in [3.8, 4) is 0 Å². The quantitative estimate of drug-likeness (QED) is 0.578. The third-order valence-electron chi connectivity index (χ3n) is 4.35. The molecule has 2 saturated heterocycles. The Labute approximate surface area is 135 Å². The summed E-state index contributed by atoms with van der Waals surface area (Å²) in [5.41, 5.74) is 5.61. The highest BCUT2D eigenvalue weighted by Crippen LogP contribution is 2.25. The first-order valence-electron chi connectivity index (χ1n) is 7.85. The van der Waals surface area contributed by atoms with Gasteiger partial charge >= 0.3 is 5.97 Å². The van der Waals surface area contributed by atoms with E-state index in [1.165, 1.54) is 4.90 Å². The van der Waals surface area contributed by atoms with Gasteiger partial charge < -0.3 is 25.8 Å². The van der Waals surface area contributed by atoms with Crippen molar-refractivity contribution < 1.29 is 24.2 Å². The number of ether oxygens (including phenoxy) is 1. The van der Waals surface area contributed by atoms with Crippen LogP contribution in [-0.2, 0) is 19.1 Å². The molecule has 0 bridgehead atoms. The average molecular weight is 327 g/mol. The van der Waals surface area contributed by atoms with Crippen LogP contribution in [0.15, 0.2) is 0 Å². The molecule has 130 valence electrons. The standard InChI is InChI=1S/C15H25N3O5/c1-15(2,3)11(16)13(21)18-6-4-5-9(18)12(20)17-8-7-10(19)23-14(8)22/h8-9,11,14,22H,4-7,16H2,1-3H3,(H,17,20)/t8-,9-,11+,14+/m0/s1. The van der Waals surface area contributed by atoms with Crippen molar-refractivity contribution in [3.05, 3.63) is 0 Å². The van der Waals surface area contributed by atoms with E-state index in [1.54, 1.807) is 0 Å². The Hall–Kier alpha value is -1.67. The maximum absolute atomic E-state index is 12.6. The summed E-state index contributed by atoms with van der Waals surface area (Å²) in [6.45, 7) is 6.10. The van der Waals surface area contributed by atoms with Gasteiger partial charge in [0.1, 0.15) is 12.1 Å². The second-order valence-corrected chi connectivity index (χ2v) is 7.23. The van der Waals surface area contributed by atoms with Gasteiger partial charge in [0, 0.05) is 6.54 Å². The van der Waals surface area contributed by atoms with Crippen molar-refractivity contribution in [2.24, 2.45) is 11.1 Å². The molecule has 2 aliphatic rings. The molecule has 2 rings (SSSR count). The summed E-state index contributed by atoms with van der Waals surface area (Å²) in [7, 11) is 0. The molecule has 0 spiro atoms. The zero-order valence-corrected chi connectivity index (χ0v) is 13.7. The number of nitrogens with two attached hydrogens (primary N) is 1. The first-order chi connectivity index (χ1) is 10.6. The molecule has 4 N–H and O–H groups in total. The summed E-state index contributed by atoms with van der Waals surface area (Å²) in [6.07, 6.45) is -0.168. The predicted molar refractivity (Wildman–Crippen MR) is 80.8 cm³/mol. The zero-order valence-electron chi connectivity index (χ0n) is 13.7. The van der Waals surface area contributed by atoms with Gasteiger partial charge in [-0.05, 0) is 18.3 Å². The molecule has 0 radical (unpaired) electrons. The number of hydrogen-bond acceptors (Lipinski definition) is 6. The van der Waals surface area contributed by atoms with Gasteiger partial charge in [0.25, 0.3) is 0 Å². The molecule has 23 heavy (non-hydrogen) atoms. The number of nitrogens with one attached hydrogen (secondary N) is 1. The van der Waals surface area contributed by atoms with Gasteiger partial charge in [-0.3, -0.25) is 14.4 Å². The van der Waals surface area contributed by atoms with E-state index >= 15 is 0 Å². The summed E-state index contributed by atoms with van der Waals surface area (Å²) < 4.78 is 4.60. The summed E-state index contributed by atoms with van der Waals surface area (Å²) in [5.74, 6) is -1.20. The monoisotopic (exact) mass is 327 g/mol. The van der Waals surface area contributed by atoms with Crippen LogP contribution in [0.5, 0.6) is 0 Å². The Morgan fingerprint density at radius 2 is 2.09 bits per heavy atom. The number of rotatable bonds is 3. The van der Waals surface area contributed by atoms with Gasteiger partial charge in [0.15, 0.2) is 0 Å². The Bertz CT molecular complexity index is 502. The van der Waals surface area contributed by atoms with Crippen molar-refractivity contribution in [3.63, 3.8) is 0 Å². The molecule has 0 aliphatic carbocycles. The zero-order chi connectivity index (χ0) is 17.4. The summed E-state index contributed by atoms with van der Waals surface area (Å²) >= 11 is 0. The smallest absolute Gasteiger partial charge is 0.310 e. The number of hydrogen-bond donors (Lipinski definition) is 3. The molecule has 2 aliphatic heterocycles. The minimum Gasteiger partial charge on any atom is -0.434 e. The number of amides is 2. The second kappa shape index (κ2) is 6.45. The minimum atomic E-state index is -1.34. The molecule has 2 heterocycles.